The standard InChI is InChI=1S/C14H22N2O3S2/c1-3-15-9-11-8-13(4-5-14(11)19-2)21(17,18)16-12-6-7-20-10-12/h4-5,8,12,15-16H,3,6-7,9-10H2,1-2H3. The lowest BCUT2D eigenvalue weighted by Gasteiger charge is -2.14. The Morgan fingerprint density at radius 1 is 1.43 bits per heavy atom. The van der Waals surface area contributed by atoms with Crippen LogP contribution in [0.25, 0.3) is 0 Å². The van der Waals surface area contributed by atoms with Crippen molar-refractivity contribution >= 4 is 21.8 Å². The second-order valence-corrected chi connectivity index (χ2v) is 7.80. The third-order valence-corrected chi connectivity index (χ3v) is 6.06. The van der Waals surface area contributed by atoms with Crippen LogP contribution >= 0.6 is 11.8 Å². The minimum Gasteiger partial charge on any atom is -0.496 e. The molecule has 0 radical (unpaired) electrons. The van der Waals surface area contributed by atoms with E-state index in [0.29, 0.717) is 17.2 Å². The average molecular weight is 330 g/mol. The fourth-order valence-corrected chi connectivity index (χ4v) is 4.81. The fraction of sp³-hybridized carbons (Fsp3) is 0.571. The van der Waals surface area contributed by atoms with Crippen LogP contribution in [0.4, 0.5) is 0 Å². The molecular formula is C14H22N2O3S2. The van der Waals surface area contributed by atoms with Gasteiger partial charge in [-0.05, 0) is 36.9 Å². The van der Waals surface area contributed by atoms with Crippen LogP contribution in [0.3, 0.4) is 0 Å². The van der Waals surface area contributed by atoms with Gasteiger partial charge in [0.2, 0.25) is 10.0 Å². The lowest BCUT2D eigenvalue weighted by atomic mass is 10.2. The number of thioether (sulfide) groups is 1. The summed E-state index contributed by atoms with van der Waals surface area (Å²) in [5, 5.41) is 3.19. The first-order valence-electron chi connectivity index (χ1n) is 7.04. The van der Waals surface area contributed by atoms with E-state index in [9.17, 15) is 8.42 Å². The molecule has 21 heavy (non-hydrogen) atoms. The number of benzene rings is 1. The number of sulfonamides is 1. The van der Waals surface area contributed by atoms with Crippen molar-refractivity contribution < 1.29 is 13.2 Å². The van der Waals surface area contributed by atoms with Crippen molar-refractivity contribution in [2.75, 3.05) is 25.2 Å². The maximum atomic E-state index is 12.4. The highest BCUT2D eigenvalue weighted by atomic mass is 32.2. The molecule has 2 rings (SSSR count). The number of methoxy groups -OCH3 is 1. The Morgan fingerprint density at radius 2 is 2.24 bits per heavy atom. The third kappa shape index (κ3) is 4.35. The second-order valence-electron chi connectivity index (χ2n) is 4.94. The molecule has 5 nitrogen and oxygen atoms in total. The topological polar surface area (TPSA) is 67.4 Å². The van der Waals surface area contributed by atoms with E-state index in [-0.39, 0.29) is 6.04 Å². The predicted molar refractivity (Wildman–Crippen MR) is 86.4 cm³/mol. The van der Waals surface area contributed by atoms with Gasteiger partial charge in [-0.3, -0.25) is 0 Å². The van der Waals surface area contributed by atoms with Crippen LogP contribution in [0.5, 0.6) is 5.75 Å². The molecule has 1 aromatic carbocycles. The van der Waals surface area contributed by atoms with Gasteiger partial charge in [0, 0.05) is 23.9 Å². The molecule has 0 spiro atoms. The molecule has 2 N–H and O–H groups in total. The van der Waals surface area contributed by atoms with Crippen molar-refractivity contribution in [1.29, 1.82) is 0 Å². The minimum absolute atomic E-state index is 0.0410. The normalized spacial score (nSPS) is 18.9. The maximum absolute atomic E-state index is 12.4. The van der Waals surface area contributed by atoms with Crippen LogP contribution < -0.4 is 14.8 Å². The van der Waals surface area contributed by atoms with E-state index in [1.807, 2.05) is 6.92 Å². The molecule has 7 heteroatoms. The molecule has 1 aliphatic rings. The largest absolute Gasteiger partial charge is 0.496 e. The van der Waals surface area contributed by atoms with Gasteiger partial charge in [-0.1, -0.05) is 6.92 Å². The number of ether oxygens (including phenoxy) is 1. The lowest BCUT2D eigenvalue weighted by Crippen LogP contribution is -2.34. The van der Waals surface area contributed by atoms with Crippen LogP contribution in [0, 0.1) is 0 Å². The van der Waals surface area contributed by atoms with Crippen molar-refractivity contribution in [2.45, 2.75) is 30.8 Å². The molecule has 1 fully saturated rings. The second kappa shape index (κ2) is 7.49. The van der Waals surface area contributed by atoms with E-state index in [2.05, 4.69) is 10.0 Å². The number of rotatable bonds is 7. The van der Waals surface area contributed by atoms with Gasteiger partial charge in [0.15, 0.2) is 0 Å². The number of hydrogen-bond donors (Lipinski definition) is 2. The summed E-state index contributed by atoms with van der Waals surface area (Å²) in [6, 6.07) is 5.04. The molecular weight excluding hydrogens is 308 g/mol. The zero-order chi connectivity index (χ0) is 15.3. The Balaban J connectivity index is 2.21. The van der Waals surface area contributed by atoms with Crippen LogP contribution in [-0.4, -0.2) is 39.6 Å². The number of nitrogens with one attached hydrogen (secondary N) is 2. The zero-order valence-corrected chi connectivity index (χ0v) is 14.0. The van der Waals surface area contributed by atoms with Crippen LogP contribution in [-0.2, 0) is 16.6 Å². The fourth-order valence-electron chi connectivity index (χ4n) is 2.23. The van der Waals surface area contributed by atoms with Crippen LogP contribution in [0.2, 0.25) is 0 Å². The molecule has 1 unspecified atom stereocenters. The van der Waals surface area contributed by atoms with Gasteiger partial charge < -0.3 is 10.1 Å². The lowest BCUT2D eigenvalue weighted by molar-refractivity contribution is 0.407. The molecule has 0 aliphatic carbocycles. The summed E-state index contributed by atoms with van der Waals surface area (Å²) in [6.07, 6.45) is 0.893. The number of hydrogen-bond acceptors (Lipinski definition) is 5. The molecule has 1 aromatic rings. The average Bonchev–Trinajstić information content (AvgIpc) is 2.96. The maximum Gasteiger partial charge on any atom is 0.240 e. The molecule has 118 valence electrons. The van der Waals surface area contributed by atoms with E-state index in [4.69, 9.17) is 4.74 Å². The molecule has 1 heterocycles. The third-order valence-electron chi connectivity index (χ3n) is 3.38. The molecule has 1 atom stereocenters. The van der Waals surface area contributed by atoms with Gasteiger partial charge in [-0.2, -0.15) is 11.8 Å². The van der Waals surface area contributed by atoms with E-state index in [1.165, 1.54) is 0 Å². The Hall–Kier alpha value is -0.760. The van der Waals surface area contributed by atoms with Crippen molar-refractivity contribution in [3.8, 4) is 5.75 Å². The molecule has 0 bridgehead atoms. The quantitative estimate of drug-likeness (QED) is 0.795. The van der Waals surface area contributed by atoms with Gasteiger partial charge in [0.25, 0.3) is 0 Å². The van der Waals surface area contributed by atoms with Gasteiger partial charge in [0.05, 0.1) is 12.0 Å². The highest BCUT2D eigenvalue weighted by Crippen LogP contribution is 2.24. The molecule has 0 saturated carbocycles. The van der Waals surface area contributed by atoms with Crippen LogP contribution in [0.15, 0.2) is 23.1 Å². The van der Waals surface area contributed by atoms with Crippen molar-refractivity contribution in [1.82, 2.24) is 10.0 Å². The summed E-state index contributed by atoms with van der Waals surface area (Å²) in [6.45, 7) is 3.41. The first-order valence-corrected chi connectivity index (χ1v) is 9.68. The predicted octanol–water partition coefficient (Wildman–Crippen LogP) is 1.59. The smallest absolute Gasteiger partial charge is 0.240 e. The molecule has 1 saturated heterocycles. The van der Waals surface area contributed by atoms with E-state index >= 15 is 0 Å². The Morgan fingerprint density at radius 3 is 2.86 bits per heavy atom. The van der Waals surface area contributed by atoms with Crippen molar-refractivity contribution in [3.63, 3.8) is 0 Å². The van der Waals surface area contributed by atoms with Crippen LogP contribution in [0.1, 0.15) is 18.9 Å². The van der Waals surface area contributed by atoms with Gasteiger partial charge in [0.1, 0.15) is 5.75 Å². The summed E-state index contributed by atoms with van der Waals surface area (Å²) in [5.74, 6) is 2.56. The van der Waals surface area contributed by atoms with Gasteiger partial charge >= 0.3 is 0 Å². The SMILES string of the molecule is CCNCc1cc(S(=O)(=O)NC2CCSC2)ccc1OC. The van der Waals surface area contributed by atoms with Gasteiger partial charge in [-0.15, -0.1) is 0 Å². The Kier molecular flexibility index (Phi) is 5.92. The monoisotopic (exact) mass is 330 g/mol. The first kappa shape index (κ1) is 16.6. The highest BCUT2D eigenvalue weighted by molar-refractivity contribution is 7.99. The first-order chi connectivity index (χ1) is 10.1. The minimum atomic E-state index is -3.46. The van der Waals surface area contributed by atoms with Crippen molar-refractivity contribution in [3.05, 3.63) is 23.8 Å². The Bertz CT molecular complexity index is 570. The molecule has 0 aromatic heterocycles. The van der Waals surface area contributed by atoms with Gasteiger partial charge in [-0.25, -0.2) is 13.1 Å². The Labute approximate surface area is 130 Å². The highest BCUT2D eigenvalue weighted by Gasteiger charge is 2.23. The van der Waals surface area contributed by atoms with Crippen molar-refractivity contribution in [2.24, 2.45) is 0 Å². The summed E-state index contributed by atoms with van der Waals surface area (Å²) in [7, 11) is -1.87. The van der Waals surface area contributed by atoms with E-state index in [1.54, 1.807) is 37.1 Å². The zero-order valence-electron chi connectivity index (χ0n) is 12.4. The van der Waals surface area contributed by atoms with E-state index in [0.717, 1.165) is 30.0 Å². The summed E-state index contributed by atoms with van der Waals surface area (Å²) in [5.41, 5.74) is 0.850. The summed E-state index contributed by atoms with van der Waals surface area (Å²) < 4.78 is 32.9. The molecule has 0 amide bonds. The summed E-state index contributed by atoms with van der Waals surface area (Å²) >= 11 is 1.78. The molecule has 1 aliphatic heterocycles. The summed E-state index contributed by atoms with van der Waals surface area (Å²) in [4.78, 5) is 0.299. The van der Waals surface area contributed by atoms with E-state index < -0.39 is 10.0 Å².